The van der Waals surface area contributed by atoms with Crippen molar-refractivity contribution in [2.24, 2.45) is 0 Å². The Balaban J connectivity index is 1.68. The van der Waals surface area contributed by atoms with Crippen molar-refractivity contribution in [3.05, 3.63) is 89.9 Å². The molecule has 1 amide bonds. The van der Waals surface area contributed by atoms with Crippen LogP contribution in [0.1, 0.15) is 16.9 Å². The number of para-hydroxylation sites is 1. The summed E-state index contributed by atoms with van der Waals surface area (Å²) >= 11 is 1.51. The number of carbonyl (C=O) groups excluding carboxylic acids is 1. The average Bonchev–Trinajstić information content (AvgIpc) is 3.35. The first-order valence-corrected chi connectivity index (χ1v) is 9.45. The molecule has 27 heavy (non-hydrogen) atoms. The summed E-state index contributed by atoms with van der Waals surface area (Å²) in [6.45, 7) is 2.36. The molecule has 0 unspecified atom stereocenters. The molecule has 2 aromatic heterocycles. The number of rotatable bonds is 5. The molecule has 0 radical (unpaired) electrons. The molecule has 0 spiro atoms. The van der Waals surface area contributed by atoms with Gasteiger partial charge in [-0.1, -0.05) is 53.8 Å². The lowest BCUT2D eigenvalue weighted by Crippen LogP contribution is -2.28. The van der Waals surface area contributed by atoms with Gasteiger partial charge in [0.1, 0.15) is 5.76 Å². The summed E-state index contributed by atoms with van der Waals surface area (Å²) in [5, 5.41) is 0.665. The van der Waals surface area contributed by atoms with Crippen LogP contribution in [0, 0.1) is 6.92 Å². The van der Waals surface area contributed by atoms with Gasteiger partial charge in [-0.3, -0.25) is 9.69 Å². The van der Waals surface area contributed by atoms with Crippen molar-refractivity contribution < 1.29 is 9.21 Å². The highest BCUT2D eigenvalue weighted by Gasteiger charge is 2.20. The number of thiazole rings is 1. The van der Waals surface area contributed by atoms with Crippen molar-refractivity contribution in [2.75, 3.05) is 4.90 Å². The Morgan fingerprint density at radius 3 is 2.70 bits per heavy atom. The van der Waals surface area contributed by atoms with E-state index in [4.69, 9.17) is 9.40 Å². The zero-order chi connectivity index (χ0) is 18.6. The Bertz CT molecular complexity index is 1080. The van der Waals surface area contributed by atoms with E-state index < -0.39 is 0 Å². The molecular weight excluding hydrogens is 356 g/mol. The van der Waals surface area contributed by atoms with Gasteiger partial charge in [0.2, 0.25) is 0 Å². The largest absolute Gasteiger partial charge is 0.467 e. The number of amides is 1. The first-order chi connectivity index (χ1) is 13.2. The number of carbonyl (C=O) groups is 1. The minimum absolute atomic E-state index is 0.132. The van der Waals surface area contributed by atoms with Crippen LogP contribution in [0.15, 0.2) is 77.4 Å². The van der Waals surface area contributed by atoms with Crippen LogP contribution in [-0.2, 0) is 11.3 Å². The molecule has 4 nitrogen and oxygen atoms in total. The van der Waals surface area contributed by atoms with Gasteiger partial charge in [-0.25, -0.2) is 4.98 Å². The molecule has 0 atom stereocenters. The summed E-state index contributed by atoms with van der Waals surface area (Å²) in [5.74, 6) is 0.583. The van der Waals surface area contributed by atoms with Crippen LogP contribution in [-0.4, -0.2) is 10.9 Å². The Kier molecular flexibility index (Phi) is 4.85. The van der Waals surface area contributed by atoms with E-state index in [9.17, 15) is 4.79 Å². The number of hydrogen-bond acceptors (Lipinski definition) is 4. The number of aryl methyl sites for hydroxylation is 1. The van der Waals surface area contributed by atoms with Crippen LogP contribution in [0.4, 0.5) is 5.13 Å². The smallest absolute Gasteiger partial charge is 0.253 e. The average molecular weight is 374 g/mol. The van der Waals surface area contributed by atoms with Crippen molar-refractivity contribution in [3.63, 3.8) is 0 Å². The second kappa shape index (κ2) is 7.60. The minimum Gasteiger partial charge on any atom is -0.467 e. The van der Waals surface area contributed by atoms with E-state index in [1.807, 2.05) is 73.7 Å². The van der Waals surface area contributed by atoms with Gasteiger partial charge in [0.15, 0.2) is 5.13 Å². The minimum atomic E-state index is -0.132. The number of aromatic nitrogens is 1. The van der Waals surface area contributed by atoms with Gasteiger partial charge >= 0.3 is 0 Å². The maximum atomic E-state index is 13.0. The van der Waals surface area contributed by atoms with Crippen LogP contribution >= 0.6 is 11.3 Å². The Morgan fingerprint density at radius 2 is 1.96 bits per heavy atom. The van der Waals surface area contributed by atoms with Gasteiger partial charge in [-0.15, -0.1) is 0 Å². The third kappa shape index (κ3) is 3.83. The monoisotopic (exact) mass is 374 g/mol. The van der Waals surface area contributed by atoms with Crippen LogP contribution in [0.5, 0.6) is 0 Å². The fourth-order valence-corrected chi connectivity index (χ4v) is 3.86. The van der Waals surface area contributed by atoms with Gasteiger partial charge in [0.05, 0.1) is 23.0 Å². The van der Waals surface area contributed by atoms with E-state index >= 15 is 0 Å². The summed E-state index contributed by atoms with van der Waals surface area (Å²) in [5.41, 5.74) is 3.01. The molecule has 4 aromatic rings. The Hall–Kier alpha value is -3.18. The van der Waals surface area contributed by atoms with E-state index in [1.54, 1.807) is 17.2 Å². The molecule has 0 fully saturated rings. The van der Waals surface area contributed by atoms with Crippen LogP contribution < -0.4 is 4.90 Å². The summed E-state index contributed by atoms with van der Waals surface area (Å²) in [4.78, 5) is 19.3. The van der Waals surface area contributed by atoms with Crippen molar-refractivity contribution >= 4 is 38.7 Å². The summed E-state index contributed by atoms with van der Waals surface area (Å²) in [6.07, 6.45) is 5.01. The highest BCUT2D eigenvalue weighted by molar-refractivity contribution is 7.22. The van der Waals surface area contributed by atoms with E-state index in [0.717, 1.165) is 21.3 Å². The zero-order valence-corrected chi connectivity index (χ0v) is 15.6. The molecule has 2 aromatic carbocycles. The van der Waals surface area contributed by atoms with Crippen molar-refractivity contribution in [2.45, 2.75) is 13.5 Å². The Morgan fingerprint density at radius 1 is 1.11 bits per heavy atom. The van der Waals surface area contributed by atoms with Gasteiger partial charge < -0.3 is 4.42 Å². The lowest BCUT2D eigenvalue weighted by molar-refractivity contribution is -0.114. The number of furan rings is 1. The fourth-order valence-electron chi connectivity index (χ4n) is 2.81. The zero-order valence-electron chi connectivity index (χ0n) is 14.8. The highest BCUT2D eigenvalue weighted by atomic mass is 32.1. The fraction of sp³-hybridized carbons (Fsp3) is 0.0909. The van der Waals surface area contributed by atoms with E-state index in [0.29, 0.717) is 17.4 Å². The highest BCUT2D eigenvalue weighted by Crippen LogP contribution is 2.31. The molecule has 0 N–H and O–H groups in total. The van der Waals surface area contributed by atoms with E-state index in [-0.39, 0.29) is 5.91 Å². The van der Waals surface area contributed by atoms with Crippen LogP contribution in [0.2, 0.25) is 0 Å². The number of hydrogen-bond donors (Lipinski definition) is 0. The molecule has 0 bridgehead atoms. The molecule has 0 saturated carbocycles. The first kappa shape index (κ1) is 17.2. The molecule has 0 aliphatic rings. The second-order valence-corrected chi connectivity index (χ2v) is 7.17. The Labute approximate surface area is 161 Å². The van der Waals surface area contributed by atoms with Gasteiger partial charge in [0.25, 0.3) is 5.91 Å². The lowest BCUT2D eigenvalue weighted by atomic mass is 10.2. The number of anilines is 1. The predicted octanol–water partition coefficient (Wildman–Crippen LogP) is 5.44. The lowest BCUT2D eigenvalue weighted by Gasteiger charge is -2.16. The quantitative estimate of drug-likeness (QED) is 0.437. The topological polar surface area (TPSA) is 46.3 Å². The molecule has 2 heterocycles. The van der Waals surface area contributed by atoms with Gasteiger partial charge in [0, 0.05) is 6.08 Å². The molecule has 5 heteroatoms. The first-order valence-electron chi connectivity index (χ1n) is 8.64. The summed E-state index contributed by atoms with van der Waals surface area (Å²) < 4.78 is 6.52. The van der Waals surface area contributed by atoms with Crippen molar-refractivity contribution in [1.82, 2.24) is 4.98 Å². The van der Waals surface area contributed by atoms with E-state index in [1.165, 1.54) is 11.3 Å². The molecule has 0 aliphatic heterocycles. The standard InChI is InChI=1S/C22H18N2O2S/c1-16-7-5-11-19-21(16)23-22(27-19)24(15-18-10-6-14-26-18)20(25)13-12-17-8-3-2-4-9-17/h2-14H,15H2,1H3/b13-12+. The third-order valence-electron chi connectivity index (χ3n) is 4.22. The summed E-state index contributed by atoms with van der Waals surface area (Å²) in [7, 11) is 0. The molecule has 134 valence electrons. The van der Waals surface area contributed by atoms with E-state index in [2.05, 4.69) is 0 Å². The molecular formula is C22H18N2O2S. The normalized spacial score (nSPS) is 11.3. The van der Waals surface area contributed by atoms with Gasteiger partial charge in [-0.05, 0) is 42.3 Å². The number of benzene rings is 2. The molecule has 0 saturated heterocycles. The number of fused-ring (bicyclic) bond motifs is 1. The number of nitrogens with zero attached hydrogens (tertiary/aromatic N) is 2. The third-order valence-corrected chi connectivity index (χ3v) is 5.26. The maximum absolute atomic E-state index is 13.0. The predicted molar refractivity (Wildman–Crippen MR) is 110 cm³/mol. The van der Waals surface area contributed by atoms with Crippen LogP contribution in [0.3, 0.4) is 0 Å². The van der Waals surface area contributed by atoms with Crippen LogP contribution in [0.25, 0.3) is 16.3 Å². The van der Waals surface area contributed by atoms with Crippen molar-refractivity contribution in [3.8, 4) is 0 Å². The molecule has 4 rings (SSSR count). The maximum Gasteiger partial charge on any atom is 0.253 e. The summed E-state index contributed by atoms with van der Waals surface area (Å²) in [6, 6.07) is 19.5. The molecule has 0 aliphatic carbocycles. The van der Waals surface area contributed by atoms with Gasteiger partial charge in [-0.2, -0.15) is 0 Å². The van der Waals surface area contributed by atoms with Crippen molar-refractivity contribution in [1.29, 1.82) is 0 Å². The SMILES string of the molecule is Cc1cccc2sc(N(Cc3ccco3)C(=O)/C=C/c3ccccc3)nc12. The second-order valence-electron chi connectivity index (χ2n) is 6.17.